The van der Waals surface area contributed by atoms with Crippen molar-refractivity contribution < 1.29 is 17.1 Å². The first-order valence-electron chi connectivity index (χ1n) is 1.71. The molecule has 34 valence electrons. The van der Waals surface area contributed by atoms with E-state index in [1.807, 2.05) is 0 Å². The van der Waals surface area contributed by atoms with E-state index in [1.54, 1.807) is 0 Å². The summed E-state index contributed by atoms with van der Waals surface area (Å²) in [5.74, 6) is 0. The molecule has 0 rings (SSSR count). The molecular formula is C4H10Ru. The Hall–Kier alpha value is 0.623. The number of hydrogen-bond donors (Lipinski definition) is 0. The molecular weight excluding hydrogens is 149 g/mol. The zero-order valence-corrected chi connectivity index (χ0v) is 5.67. The molecule has 5 heavy (non-hydrogen) atoms. The third kappa shape index (κ3) is 4.62. The van der Waals surface area contributed by atoms with E-state index in [0.717, 1.165) is 4.51 Å². The summed E-state index contributed by atoms with van der Waals surface area (Å²) in [6.07, 6.45) is 0. The second kappa shape index (κ2) is 2.84. The van der Waals surface area contributed by atoms with E-state index in [4.69, 9.17) is 0 Å². The fourth-order valence-corrected chi connectivity index (χ4v) is 0. The Morgan fingerprint density at radius 3 is 1.60 bits per heavy atom. The zero-order valence-electron chi connectivity index (χ0n) is 3.93. The summed E-state index contributed by atoms with van der Waals surface area (Å²) in [5, 5.41) is 0. The normalized spacial score (nSPS) is 10.4. The third-order valence-electron chi connectivity index (χ3n) is 0.408. The minimum atomic E-state index is 0.686. The second-order valence-corrected chi connectivity index (χ2v) is 4.20. The van der Waals surface area contributed by atoms with Crippen LogP contribution in [0.25, 0.3) is 0 Å². The van der Waals surface area contributed by atoms with E-state index in [9.17, 15) is 0 Å². The maximum atomic E-state index is 2.29. The SMILES string of the molecule is [CH3][Ru][CH](C)C. The summed E-state index contributed by atoms with van der Waals surface area (Å²) in [6, 6.07) is 0. The van der Waals surface area contributed by atoms with Crippen LogP contribution in [-0.4, -0.2) is 0 Å². The van der Waals surface area contributed by atoms with Crippen LogP contribution in [-0.2, 0) is 17.1 Å². The summed E-state index contributed by atoms with van der Waals surface area (Å²) in [6.45, 7) is 4.52. The summed E-state index contributed by atoms with van der Waals surface area (Å²) in [5.41, 5.74) is 2.29. The molecule has 0 aliphatic carbocycles. The van der Waals surface area contributed by atoms with Crippen molar-refractivity contribution in [3.05, 3.63) is 0 Å². The van der Waals surface area contributed by atoms with Gasteiger partial charge in [0.1, 0.15) is 0 Å². The van der Waals surface area contributed by atoms with Gasteiger partial charge in [0.15, 0.2) is 0 Å². The van der Waals surface area contributed by atoms with Crippen LogP contribution < -0.4 is 0 Å². The fraction of sp³-hybridized carbons (Fsp3) is 1.00. The molecule has 0 nitrogen and oxygen atoms in total. The van der Waals surface area contributed by atoms with Gasteiger partial charge in [0, 0.05) is 0 Å². The minimum absolute atomic E-state index is 0.686. The van der Waals surface area contributed by atoms with E-state index >= 15 is 0 Å². The Morgan fingerprint density at radius 1 is 1.40 bits per heavy atom. The molecule has 0 saturated heterocycles. The van der Waals surface area contributed by atoms with E-state index in [2.05, 4.69) is 19.4 Å². The zero-order chi connectivity index (χ0) is 4.28. The van der Waals surface area contributed by atoms with Gasteiger partial charge in [0.25, 0.3) is 0 Å². The second-order valence-electron chi connectivity index (χ2n) is 1.19. The van der Waals surface area contributed by atoms with Crippen LogP contribution in [0.2, 0.25) is 10.0 Å². The van der Waals surface area contributed by atoms with Gasteiger partial charge in [-0.05, 0) is 0 Å². The molecule has 0 aromatic carbocycles. The molecule has 0 saturated carbocycles. The van der Waals surface area contributed by atoms with E-state index in [0.29, 0.717) is 17.1 Å². The molecule has 0 amide bonds. The van der Waals surface area contributed by atoms with Crippen LogP contribution >= 0.6 is 0 Å². The molecule has 0 atom stereocenters. The Bertz CT molecular complexity index is 17.6. The van der Waals surface area contributed by atoms with Gasteiger partial charge < -0.3 is 0 Å². The van der Waals surface area contributed by atoms with Crippen molar-refractivity contribution >= 4 is 0 Å². The Balaban J connectivity index is 2.54. The molecule has 0 aliphatic rings. The van der Waals surface area contributed by atoms with Gasteiger partial charge in [-0.25, -0.2) is 0 Å². The van der Waals surface area contributed by atoms with Crippen LogP contribution in [0.5, 0.6) is 0 Å². The molecule has 0 spiro atoms. The average Bonchev–Trinajstić information content (AvgIpc) is 1.38. The maximum absolute atomic E-state index is 2.29. The Morgan fingerprint density at radius 2 is 1.60 bits per heavy atom. The van der Waals surface area contributed by atoms with Gasteiger partial charge in [-0.2, -0.15) is 0 Å². The summed E-state index contributed by atoms with van der Waals surface area (Å²) in [7, 11) is 0. The van der Waals surface area contributed by atoms with Crippen LogP contribution in [0, 0.1) is 0 Å². The van der Waals surface area contributed by atoms with Crippen molar-refractivity contribution in [3.8, 4) is 0 Å². The van der Waals surface area contributed by atoms with Crippen LogP contribution in [0.15, 0.2) is 0 Å². The first-order valence-corrected chi connectivity index (χ1v) is 4.45. The van der Waals surface area contributed by atoms with E-state index in [-0.39, 0.29) is 0 Å². The van der Waals surface area contributed by atoms with Gasteiger partial charge in [0.05, 0.1) is 0 Å². The molecule has 0 aliphatic heterocycles. The summed E-state index contributed by atoms with van der Waals surface area (Å²) in [4.78, 5) is 0. The van der Waals surface area contributed by atoms with Crippen molar-refractivity contribution in [1.29, 1.82) is 0 Å². The van der Waals surface area contributed by atoms with Crippen LogP contribution in [0.1, 0.15) is 13.8 Å². The standard InChI is InChI=1S/C3H7.CH3.Ru/c1-3-2;;/h3H,1-2H3;1H3;. The van der Waals surface area contributed by atoms with Gasteiger partial charge in [0.2, 0.25) is 0 Å². The van der Waals surface area contributed by atoms with Gasteiger partial charge in [-0.1, -0.05) is 0 Å². The van der Waals surface area contributed by atoms with Crippen LogP contribution in [0.3, 0.4) is 0 Å². The van der Waals surface area contributed by atoms with Gasteiger partial charge in [-0.3, -0.25) is 0 Å². The molecule has 0 unspecified atom stereocenters. The van der Waals surface area contributed by atoms with E-state index < -0.39 is 0 Å². The van der Waals surface area contributed by atoms with E-state index in [1.165, 1.54) is 0 Å². The molecule has 0 bridgehead atoms. The number of hydrogen-bond acceptors (Lipinski definition) is 0. The van der Waals surface area contributed by atoms with Crippen molar-refractivity contribution in [3.63, 3.8) is 0 Å². The molecule has 0 aromatic rings. The molecule has 0 aromatic heterocycles. The quantitative estimate of drug-likeness (QED) is 0.513. The van der Waals surface area contributed by atoms with Crippen molar-refractivity contribution in [2.24, 2.45) is 0 Å². The number of rotatable bonds is 1. The molecule has 0 radical (unpaired) electrons. The first-order chi connectivity index (χ1) is 2.27. The predicted molar refractivity (Wildman–Crippen MR) is 21.0 cm³/mol. The molecule has 0 heterocycles. The first kappa shape index (κ1) is 5.62. The average molecular weight is 159 g/mol. The fourth-order valence-electron chi connectivity index (χ4n) is 0. The third-order valence-corrected chi connectivity index (χ3v) is 2.42. The topological polar surface area (TPSA) is 0 Å². The van der Waals surface area contributed by atoms with Crippen LogP contribution in [0.4, 0.5) is 0 Å². The summed E-state index contributed by atoms with van der Waals surface area (Å²) < 4.78 is 0.974. The molecule has 0 fully saturated rings. The molecule has 1 heteroatoms. The van der Waals surface area contributed by atoms with Gasteiger partial charge in [-0.15, -0.1) is 0 Å². The monoisotopic (exact) mass is 160 g/mol. The summed E-state index contributed by atoms with van der Waals surface area (Å²) >= 11 is 0.686. The van der Waals surface area contributed by atoms with Crippen molar-refractivity contribution in [2.45, 2.75) is 23.9 Å². The van der Waals surface area contributed by atoms with Gasteiger partial charge >= 0.3 is 41.0 Å². The Kier molecular flexibility index (Phi) is 3.19. The predicted octanol–water partition coefficient (Wildman–Crippen LogP) is 1.95. The Labute approximate surface area is 41.6 Å². The van der Waals surface area contributed by atoms with Crippen molar-refractivity contribution in [1.82, 2.24) is 0 Å². The molecule has 0 N–H and O–H groups in total. The van der Waals surface area contributed by atoms with Crippen molar-refractivity contribution in [2.75, 3.05) is 0 Å².